The summed E-state index contributed by atoms with van der Waals surface area (Å²) in [5, 5.41) is 0. The van der Waals surface area contributed by atoms with E-state index in [0.717, 1.165) is 53.1 Å². The van der Waals surface area contributed by atoms with Crippen molar-refractivity contribution in [3.63, 3.8) is 0 Å². The van der Waals surface area contributed by atoms with Crippen LogP contribution in [-0.4, -0.2) is 12.4 Å². The third-order valence-corrected chi connectivity index (χ3v) is 13.3. The maximum absolute atomic E-state index is 5.14. The Labute approximate surface area is 394 Å². The van der Waals surface area contributed by atoms with Crippen LogP contribution in [0.5, 0.6) is 0 Å². The quantitative estimate of drug-likeness (QED) is 0.0872. The smallest absolute Gasteiger partial charge is 0.0740 e. The molecular weight excluding hydrogens is 809 g/mol. The van der Waals surface area contributed by atoms with Crippen molar-refractivity contribution >= 4 is 52.5 Å². The Balaban J connectivity index is 0.00000170. The van der Waals surface area contributed by atoms with Crippen LogP contribution >= 0.6 is 11.8 Å². The number of hydrogen-bond donors (Lipinski definition) is 0. The Bertz CT molecular complexity index is 2660. The highest BCUT2D eigenvalue weighted by Crippen LogP contribution is 2.53. The molecule has 8 rings (SSSR count). The second kappa shape index (κ2) is 23.0. The number of benzene rings is 4. The standard InChI is InChI=1S/C56H54N4S.2C2H6/c1-8-20-48(57-7)46(12-5)56(40(9-2)10-3)58-37-39-27-31-45(32-28-39)60-51-34-29-42-21-16-17-24-47(42)55(51)38(6)52(60)35-41(11-4)43-30-33-50-54(36-43)61-53-26-19-18-25-49(53)59(50)44-22-14-13-15-23-44;2*1-2/h8-10,12-16,18-23,25-36,47,55H,2,5,7,11,17,24,37H2,1,3-4,6H3;2*1-2H3/b20-8-,40-10+,41-35+,48-46-,58-56?;;. The van der Waals surface area contributed by atoms with Crippen molar-refractivity contribution in [3.05, 3.63) is 221 Å². The van der Waals surface area contributed by atoms with Gasteiger partial charge in [-0.1, -0.05) is 151 Å². The van der Waals surface area contributed by atoms with E-state index >= 15 is 0 Å². The van der Waals surface area contributed by atoms with E-state index in [1.807, 2.05) is 77.6 Å². The Morgan fingerprint density at radius 3 is 2.20 bits per heavy atom. The van der Waals surface area contributed by atoms with Crippen molar-refractivity contribution in [3.8, 4) is 0 Å². The Hall–Kier alpha value is -6.43. The first-order valence-corrected chi connectivity index (χ1v) is 24.2. The highest BCUT2D eigenvalue weighted by Gasteiger charge is 2.41. The molecule has 0 aromatic heterocycles. The van der Waals surface area contributed by atoms with Gasteiger partial charge in [0.2, 0.25) is 0 Å². The van der Waals surface area contributed by atoms with Gasteiger partial charge in [-0.05, 0) is 153 Å². The van der Waals surface area contributed by atoms with Gasteiger partial charge in [-0.2, -0.15) is 0 Å². The third kappa shape index (κ3) is 9.96. The number of nitrogens with zero attached hydrogens (tertiary/aromatic N) is 4. The second-order valence-electron chi connectivity index (χ2n) is 15.6. The molecule has 0 fully saturated rings. The van der Waals surface area contributed by atoms with E-state index < -0.39 is 0 Å². The van der Waals surface area contributed by atoms with Crippen molar-refractivity contribution < 1.29 is 0 Å². The predicted octanol–water partition coefficient (Wildman–Crippen LogP) is 17.5. The molecule has 2 heterocycles. The third-order valence-electron chi connectivity index (χ3n) is 12.2. The first-order valence-electron chi connectivity index (χ1n) is 23.4. The molecule has 0 radical (unpaired) electrons. The van der Waals surface area contributed by atoms with Crippen molar-refractivity contribution in [1.82, 2.24) is 0 Å². The van der Waals surface area contributed by atoms with Gasteiger partial charge in [0.15, 0.2) is 0 Å². The lowest BCUT2D eigenvalue weighted by Gasteiger charge is -2.34. The minimum absolute atomic E-state index is 0.322. The zero-order chi connectivity index (χ0) is 46.5. The lowest BCUT2D eigenvalue weighted by atomic mass is 9.73. The average Bonchev–Trinajstić information content (AvgIpc) is 3.65. The highest BCUT2D eigenvalue weighted by molar-refractivity contribution is 7.99. The summed E-state index contributed by atoms with van der Waals surface area (Å²) in [6.07, 6.45) is 24.6. The fourth-order valence-corrected chi connectivity index (χ4v) is 10.3. The summed E-state index contributed by atoms with van der Waals surface area (Å²) >= 11 is 1.86. The van der Waals surface area contributed by atoms with E-state index in [2.05, 4.69) is 176 Å². The fourth-order valence-electron chi connectivity index (χ4n) is 9.17. The first-order chi connectivity index (χ1) is 31.9. The van der Waals surface area contributed by atoms with Gasteiger partial charge in [0, 0.05) is 44.1 Å². The number of aliphatic imine (C=N–C) groups is 2. The van der Waals surface area contributed by atoms with Crippen molar-refractivity contribution in [2.75, 3.05) is 9.80 Å². The molecule has 0 saturated carbocycles. The molecule has 65 heavy (non-hydrogen) atoms. The van der Waals surface area contributed by atoms with Crippen LogP contribution in [-0.2, 0) is 6.54 Å². The summed E-state index contributed by atoms with van der Waals surface area (Å²) in [4.78, 5) is 16.9. The number of anilines is 4. The van der Waals surface area contributed by atoms with Gasteiger partial charge >= 0.3 is 0 Å². The van der Waals surface area contributed by atoms with Crippen molar-refractivity contribution in [1.29, 1.82) is 0 Å². The average molecular weight is 875 g/mol. The summed E-state index contributed by atoms with van der Waals surface area (Å²) in [5.41, 5.74) is 17.2. The van der Waals surface area contributed by atoms with Gasteiger partial charge in [0.25, 0.3) is 0 Å². The maximum atomic E-state index is 5.14. The molecule has 5 heteroatoms. The summed E-state index contributed by atoms with van der Waals surface area (Å²) in [6.45, 7) is 29.1. The van der Waals surface area contributed by atoms with Gasteiger partial charge in [-0.25, -0.2) is 0 Å². The molecule has 0 amide bonds. The van der Waals surface area contributed by atoms with Crippen LogP contribution in [0.1, 0.15) is 85.8 Å². The van der Waals surface area contributed by atoms with Crippen LogP contribution in [0, 0.1) is 11.8 Å². The van der Waals surface area contributed by atoms with Crippen LogP contribution in [0.25, 0.3) is 5.57 Å². The molecule has 0 spiro atoms. The predicted molar refractivity (Wildman–Crippen MR) is 286 cm³/mol. The Kier molecular flexibility index (Phi) is 17.0. The normalized spacial score (nSPS) is 18.1. The summed E-state index contributed by atoms with van der Waals surface area (Å²) in [5.74, 6) is 0.790. The molecule has 0 bridgehead atoms. The highest BCUT2D eigenvalue weighted by atomic mass is 32.2. The molecule has 2 aliphatic heterocycles. The second-order valence-corrected chi connectivity index (χ2v) is 16.7. The minimum Gasteiger partial charge on any atom is -0.314 e. The van der Waals surface area contributed by atoms with Crippen LogP contribution in [0.15, 0.2) is 230 Å². The van der Waals surface area contributed by atoms with E-state index in [4.69, 9.17) is 4.99 Å². The summed E-state index contributed by atoms with van der Waals surface area (Å²) in [7, 11) is 0. The van der Waals surface area contributed by atoms with Crippen LogP contribution in [0.3, 0.4) is 0 Å². The van der Waals surface area contributed by atoms with E-state index in [1.165, 1.54) is 60.5 Å². The molecule has 2 atom stereocenters. The van der Waals surface area contributed by atoms with Gasteiger partial charge in [0.05, 0.1) is 29.3 Å². The van der Waals surface area contributed by atoms with Gasteiger partial charge in [0.1, 0.15) is 0 Å². The Morgan fingerprint density at radius 1 is 0.815 bits per heavy atom. The molecule has 0 saturated heterocycles. The molecule has 2 aliphatic carbocycles. The van der Waals surface area contributed by atoms with Crippen molar-refractivity contribution in [2.45, 2.75) is 91.0 Å². The van der Waals surface area contributed by atoms with Crippen LogP contribution in [0.4, 0.5) is 22.7 Å². The van der Waals surface area contributed by atoms with Gasteiger partial charge in [-0.3, -0.25) is 9.98 Å². The summed E-state index contributed by atoms with van der Waals surface area (Å²) < 4.78 is 0. The van der Waals surface area contributed by atoms with Crippen LogP contribution < -0.4 is 9.80 Å². The topological polar surface area (TPSA) is 31.2 Å². The zero-order valence-corrected chi connectivity index (χ0v) is 40.6. The van der Waals surface area contributed by atoms with E-state index in [9.17, 15) is 0 Å². The molecule has 4 aromatic rings. The molecule has 2 unspecified atom stereocenters. The van der Waals surface area contributed by atoms with E-state index in [0.29, 0.717) is 18.4 Å². The maximum Gasteiger partial charge on any atom is 0.0740 e. The minimum atomic E-state index is 0.322. The number of rotatable bonds is 13. The SMILES string of the molecule is C=C/C(C(=NCc1ccc(N2C3=CC=C4C=CCCC4C3C(C)=C2/C=C(\CC)c2ccc3c(c2)Sc2ccccc2N3c2ccccc2)cc1)/C(C=C)=C/C)=C(\C=C/C)N=C.CC.CC. The number of allylic oxidation sites excluding steroid dienone is 15. The number of fused-ring (bicyclic) bond motifs is 5. The van der Waals surface area contributed by atoms with Gasteiger partial charge in [-0.15, -0.1) is 0 Å². The monoisotopic (exact) mass is 875 g/mol. The molecule has 0 N–H and O–H groups in total. The van der Waals surface area contributed by atoms with E-state index in [-0.39, 0.29) is 0 Å². The van der Waals surface area contributed by atoms with E-state index in [1.54, 1.807) is 6.08 Å². The molecule has 332 valence electrons. The lowest BCUT2D eigenvalue weighted by Crippen LogP contribution is -2.26. The first kappa shape index (κ1) is 48.0. The Morgan fingerprint density at radius 2 is 1.52 bits per heavy atom. The number of para-hydroxylation sites is 2. The summed E-state index contributed by atoms with van der Waals surface area (Å²) in [6, 6.07) is 35.4. The largest absolute Gasteiger partial charge is 0.314 e. The van der Waals surface area contributed by atoms with Crippen LogP contribution in [0.2, 0.25) is 0 Å². The van der Waals surface area contributed by atoms with Gasteiger partial charge < -0.3 is 9.80 Å². The fraction of sp³-hybridized carbons (Fsp3) is 0.233. The lowest BCUT2D eigenvalue weighted by molar-refractivity contribution is 0.455. The number of hydrogen-bond acceptors (Lipinski definition) is 5. The molecule has 4 aromatic carbocycles. The molecular formula is C60H66N4S. The van der Waals surface area contributed by atoms with Crippen molar-refractivity contribution in [2.24, 2.45) is 21.8 Å². The molecule has 4 nitrogen and oxygen atoms in total. The molecule has 4 aliphatic rings. The zero-order valence-electron chi connectivity index (χ0n) is 39.8.